The standard InChI is InChI=1S/C11H14BrN3S/c1-8-9(12)6-11(16-8)10(7-13)15-4-2-14-3-5-15/h6,10,14H,2-5H2,1H3. The zero-order valence-electron chi connectivity index (χ0n) is 9.16. The number of thiophene rings is 1. The van der Waals surface area contributed by atoms with Gasteiger partial charge >= 0.3 is 0 Å². The number of piperazine rings is 1. The fourth-order valence-electron chi connectivity index (χ4n) is 1.88. The first-order valence-electron chi connectivity index (χ1n) is 5.32. The fraction of sp³-hybridized carbons (Fsp3) is 0.545. The molecule has 0 aliphatic carbocycles. The third-order valence-electron chi connectivity index (χ3n) is 2.78. The first-order chi connectivity index (χ1) is 7.72. The number of nitrogens with zero attached hydrogens (tertiary/aromatic N) is 2. The molecule has 2 heterocycles. The Hall–Kier alpha value is -0.410. The molecule has 1 aromatic rings. The predicted octanol–water partition coefficient (Wildman–Crippen LogP) is 2.29. The van der Waals surface area contributed by atoms with Gasteiger partial charge in [0.2, 0.25) is 0 Å². The zero-order valence-corrected chi connectivity index (χ0v) is 11.6. The van der Waals surface area contributed by atoms with Crippen molar-refractivity contribution in [2.24, 2.45) is 0 Å². The summed E-state index contributed by atoms with van der Waals surface area (Å²) >= 11 is 5.22. The Morgan fingerprint density at radius 3 is 2.75 bits per heavy atom. The summed E-state index contributed by atoms with van der Waals surface area (Å²) in [6, 6.07) is 4.41. The van der Waals surface area contributed by atoms with Crippen LogP contribution in [-0.4, -0.2) is 31.1 Å². The smallest absolute Gasteiger partial charge is 0.133 e. The summed E-state index contributed by atoms with van der Waals surface area (Å²) < 4.78 is 1.11. The van der Waals surface area contributed by atoms with Crippen LogP contribution in [0, 0.1) is 18.3 Å². The molecule has 0 saturated carbocycles. The van der Waals surface area contributed by atoms with Crippen LogP contribution in [0.15, 0.2) is 10.5 Å². The quantitative estimate of drug-likeness (QED) is 0.911. The van der Waals surface area contributed by atoms with Crippen molar-refractivity contribution < 1.29 is 0 Å². The highest BCUT2D eigenvalue weighted by molar-refractivity contribution is 9.10. The van der Waals surface area contributed by atoms with Crippen LogP contribution in [0.4, 0.5) is 0 Å². The van der Waals surface area contributed by atoms with E-state index in [1.807, 2.05) is 0 Å². The highest BCUT2D eigenvalue weighted by Crippen LogP contribution is 2.33. The fourth-order valence-corrected chi connectivity index (χ4v) is 3.52. The molecule has 0 bridgehead atoms. The summed E-state index contributed by atoms with van der Waals surface area (Å²) in [5.74, 6) is 0. The molecule has 16 heavy (non-hydrogen) atoms. The lowest BCUT2D eigenvalue weighted by molar-refractivity contribution is 0.210. The van der Waals surface area contributed by atoms with E-state index in [2.05, 4.69) is 45.2 Å². The van der Waals surface area contributed by atoms with Gasteiger partial charge in [0.05, 0.1) is 6.07 Å². The summed E-state index contributed by atoms with van der Waals surface area (Å²) in [4.78, 5) is 4.63. The minimum Gasteiger partial charge on any atom is -0.314 e. The van der Waals surface area contributed by atoms with Crippen molar-refractivity contribution in [3.05, 3.63) is 20.3 Å². The Bertz CT molecular complexity index is 384. The van der Waals surface area contributed by atoms with Gasteiger partial charge in [-0.25, -0.2) is 0 Å². The van der Waals surface area contributed by atoms with E-state index in [9.17, 15) is 5.26 Å². The number of rotatable bonds is 2. The van der Waals surface area contributed by atoms with E-state index in [-0.39, 0.29) is 6.04 Å². The van der Waals surface area contributed by atoms with Crippen LogP contribution in [0.25, 0.3) is 0 Å². The van der Waals surface area contributed by atoms with Crippen molar-refractivity contribution in [3.8, 4) is 6.07 Å². The Morgan fingerprint density at radius 2 is 2.25 bits per heavy atom. The summed E-state index contributed by atoms with van der Waals surface area (Å²) in [5, 5.41) is 12.6. The first-order valence-corrected chi connectivity index (χ1v) is 6.93. The molecule has 1 aliphatic heterocycles. The topological polar surface area (TPSA) is 39.1 Å². The Balaban J connectivity index is 2.18. The first kappa shape index (κ1) is 12.1. The average Bonchev–Trinajstić information content (AvgIpc) is 2.61. The van der Waals surface area contributed by atoms with Crippen LogP contribution < -0.4 is 5.32 Å². The Morgan fingerprint density at radius 1 is 1.56 bits per heavy atom. The van der Waals surface area contributed by atoms with Crippen LogP contribution in [0.1, 0.15) is 15.8 Å². The van der Waals surface area contributed by atoms with Crippen molar-refractivity contribution in [3.63, 3.8) is 0 Å². The van der Waals surface area contributed by atoms with Gasteiger partial charge in [-0.3, -0.25) is 4.90 Å². The second kappa shape index (κ2) is 5.28. The molecule has 0 spiro atoms. The number of hydrogen-bond acceptors (Lipinski definition) is 4. The highest BCUT2D eigenvalue weighted by Gasteiger charge is 2.23. The third-order valence-corrected chi connectivity index (χ3v) is 4.97. The molecule has 0 aromatic carbocycles. The van der Waals surface area contributed by atoms with E-state index in [0.29, 0.717) is 0 Å². The van der Waals surface area contributed by atoms with Gasteiger partial charge in [0.25, 0.3) is 0 Å². The van der Waals surface area contributed by atoms with Gasteiger partial charge in [-0.15, -0.1) is 11.3 Å². The lowest BCUT2D eigenvalue weighted by Gasteiger charge is -2.30. The van der Waals surface area contributed by atoms with Gasteiger partial charge in [-0.05, 0) is 28.9 Å². The van der Waals surface area contributed by atoms with Crippen LogP contribution >= 0.6 is 27.3 Å². The van der Waals surface area contributed by atoms with E-state index < -0.39 is 0 Å². The third kappa shape index (κ3) is 2.46. The molecule has 0 radical (unpaired) electrons. The molecule has 1 atom stereocenters. The lowest BCUT2D eigenvalue weighted by Crippen LogP contribution is -2.44. The summed E-state index contributed by atoms with van der Waals surface area (Å²) in [6.45, 7) is 5.93. The van der Waals surface area contributed by atoms with Crippen molar-refractivity contribution in [1.82, 2.24) is 10.2 Å². The largest absolute Gasteiger partial charge is 0.314 e. The molecule has 1 aliphatic rings. The van der Waals surface area contributed by atoms with E-state index in [1.165, 1.54) is 4.88 Å². The van der Waals surface area contributed by atoms with Gasteiger partial charge in [0.1, 0.15) is 6.04 Å². The van der Waals surface area contributed by atoms with Crippen molar-refractivity contribution in [2.75, 3.05) is 26.2 Å². The maximum absolute atomic E-state index is 9.31. The zero-order chi connectivity index (χ0) is 11.5. The van der Waals surface area contributed by atoms with Crippen LogP contribution in [0.3, 0.4) is 0 Å². The minimum absolute atomic E-state index is 0.0860. The SMILES string of the molecule is Cc1sc(C(C#N)N2CCNCC2)cc1Br. The van der Waals surface area contributed by atoms with Gasteiger partial charge < -0.3 is 5.32 Å². The monoisotopic (exact) mass is 299 g/mol. The van der Waals surface area contributed by atoms with Gasteiger partial charge in [0.15, 0.2) is 0 Å². The molecular formula is C11H14BrN3S. The van der Waals surface area contributed by atoms with E-state index in [1.54, 1.807) is 11.3 Å². The van der Waals surface area contributed by atoms with Gasteiger partial charge in [-0.2, -0.15) is 5.26 Å². The molecule has 1 saturated heterocycles. The van der Waals surface area contributed by atoms with E-state index in [4.69, 9.17) is 0 Å². The number of hydrogen-bond donors (Lipinski definition) is 1. The van der Waals surface area contributed by atoms with E-state index >= 15 is 0 Å². The number of nitrogens with one attached hydrogen (secondary N) is 1. The average molecular weight is 300 g/mol. The molecule has 2 rings (SSSR count). The predicted molar refractivity (Wildman–Crippen MR) is 69.6 cm³/mol. The van der Waals surface area contributed by atoms with Crippen molar-refractivity contribution in [1.29, 1.82) is 5.26 Å². The van der Waals surface area contributed by atoms with E-state index in [0.717, 1.165) is 35.5 Å². The number of halogens is 1. The second-order valence-corrected chi connectivity index (χ2v) is 6.01. The molecule has 86 valence electrons. The number of nitriles is 1. The maximum Gasteiger partial charge on any atom is 0.133 e. The van der Waals surface area contributed by atoms with Crippen LogP contribution in [0.2, 0.25) is 0 Å². The normalized spacial score (nSPS) is 19.3. The Kier molecular flexibility index (Phi) is 3.98. The molecular weight excluding hydrogens is 286 g/mol. The number of aryl methyl sites for hydroxylation is 1. The highest BCUT2D eigenvalue weighted by atomic mass is 79.9. The van der Waals surface area contributed by atoms with Gasteiger partial charge in [0, 0.05) is 40.4 Å². The molecule has 1 fully saturated rings. The maximum atomic E-state index is 9.31. The minimum atomic E-state index is -0.0860. The molecule has 1 aromatic heterocycles. The van der Waals surface area contributed by atoms with Crippen molar-refractivity contribution >= 4 is 27.3 Å². The van der Waals surface area contributed by atoms with Crippen molar-refractivity contribution in [2.45, 2.75) is 13.0 Å². The Labute approximate surface area is 108 Å². The summed E-state index contributed by atoms with van der Waals surface area (Å²) in [6.07, 6.45) is 0. The molecule has 1 unspecified atom stereocenters. The molecule has 3 nitrogen and oxygen atoms in total. The van der Waals surface area contributed by atoms with Gasteiger partial charge in [-0.1, -0.05) is 0 Å². The summed E-state index contributed by atoms with van der Waals surface area (Å²) in [7, 11) is 0. The second-order valence-electron chi connectivity index (χ2n) is 3.87. The van der Waals surface area contributed by atoms with Crippen LogP contribution in [0.5, 0.6) is 0 Å². The molecule has 1 N–H and O–H groups in total. The molecule has 0 amide bonds. The molecule has 5 heteroatoms. The summed E-state index contributed by atoms with van der Waals surface area (Å²) in [5.41, 5.74) is 0. The van der Waals surface area contributed by atoms with Crippen LogP contribution in [-0.2, 0) is 0 Å². The lowest BCUT2D eigenvalue weighted by atomic mass is 10.2.